The summed E-state index contributed by atoms with van der Waals surface area (Å²) in [6.45, 7) is 5.89. The van der Waals surface area contributed by atoms with E-state index < -0.39 is 52.9 Å². The van der Waals surface area contributed by atoms with Crippen molar-refractivity contribution in [3.63, 3.8) is 0 Å². The second-order valence-corrected chi connectivity index (χ2v) is 8.91. The molecule has 8 N–H and O–H groups in total. The zero-order valence-electron chi connectivity index (χ0n) is 21.6. The zero-order chi connectivity index (χ0) is 29.1. The average molecular weight is 567 g/mol. The summed E-state index contributed by atoms with van der Waals surface area (Å²) in [6.07, 6.45) is -4.25. The molecule has 0 unspecified atom stereocenters. The fourth-order valence-corrected chi connectivity index (χ4v) is 1.96. The molecule has 16 heteroatoms. The second-order valence-electron chi connectivity index (χ2n) is 8.91. The number of carbonyl (C=O) groups is 5. The van der Waals surface area contributed by atoms with E-state index in [0.717, 1.165) is 0 Å². The fraction of sp³-hybridized carbons (Fsp3) is 0.762. The summed E-state index contributed by atoms with van der Waals surface area (Å²) in [4.78, 5) is 51.4. The number of aliphatic carboxylic acids is 2. The van der Waals surface area contributed by atoms with Gasteiger partial charge in [0.1, 0.15) is 12.2 Å². The molecule has 0 bridgehead atoms. The first-order valence-electron chi connectivity index (χ1n) is 10.8. The van der Waals surface area contributed by atoms with Crippen molar-refractivity contribution in [2.24, 2.45) is 10.8 Å². The SMILES string of the molecule is CC(C)(CO)[C@@H](O)C(=O)NCCCC(=O)[O-].CC(C)(CO)[C@@H](O)C(=O)NCCCC(=O)[O-].O=C(O)O.[Ca+2]. The average Bonchev–Trinajstić information content (AvgIpc) is 2.77. The molecular formula is C21H38CaN2O13. The fourth-order valence-electron chi connectivity index (χ4n) is 1.96. The first-order chi connectivity index (χ1) is 16.3. The van der Waals surface area contributed by atoms with Crippen LogP contribution in [0.15, 0.2) is 0 Å². The molecule has 15 nitrogen and oxygen atoms in total. The van der Waals surface area contributed by atoms with Crippen molar-refractivity contribution in [3.05, 3.63) is 0 Å². The predicted molar refractivity (Wildman–Crippen MR) is 125 cm³/mol. The number of aliphatic hydroxyl groups is 4. The molecule has 0 rings (SSSR count). The molecule has 0 aromatic heterocycles. The third kappa shape index (κ3) is 24.3. The van der Waals surface area contributed by atoms with Gasteiger partial charge in [-0.15, -0.1) is 0 Å². The quantitative estimate of drug-likeness (QED) is 0.0733. The molecule has 37 heavy (non-hydrogen) atoms. The largest absolute Gasteiger partial charge is 2.00 e. The molecule has 0 aromatic rings. The van der Waals surface area contributed by atoms with E-state index in [1.165, 1.54) is 0 Å². The summed E-state index contributed by atoms with van der Waals surface area (Å²) in [5.41, 5.74) is -1.84. The van der Waals surface area contributed by atoms with Crippen LogP contribution in [0.3, 0.4) is 0 Å². The van der Waals surface area contributed by atoms with Gasteiger partial charge in [-0.3, -0.25) is 9.59 Å². The van der Waals surface area contributed by atoms with Crippen LogP contribution in [0.2, 0.25) is 0 Å². The standard InChI is InChI=1S/2C10H19NO5.CH2O3.Ca/c2*1-10(2,6-12)8(15)9(16)11-5-3-4-7(13)14;2-1(3)4;/h2*8,12,15H,3-6H2,1-2H3,(H,11,16)(H,13,14);(H2,2,3,4);/q;;;+2/p-2/t2*8-;;/m00../s1. The molecule has 0 fully saturated rings. The number of carbonyl (C=O) groups excluding carboxylic acids is 4. The van der Waals surface area contributed by atoms with E-state index in [4.69, 9.17) is 25.2 Å². The summed E-state index contributed by atoms with van der Waals surface area (Å²) < 4.78 is 0. The second kappa shape index (κ2) is 22.3. The Morgan fingerprint density at radius 2 is 0.946 bits per heavy atom. The molecule has 0 aromatic carbocycles. The van der Waals surface area contributed by atoms with Gasteiger partial charge in [0.05, 0.1) is 13.2 Å². The molecule has 0 saturated carbocycles. The maximum absolute atomic E-state index is 11.4. The summed E-state index contributed by atoms with van der Waals surface area (Å²) in [7, 11) is 0. The summed E-state index contributed by atoms with van der Waals surface area (Å²) in [5, 5.41) is 75.8. The monoisotopic (exact) mass is 566 g/mol. The predicted octanol–water partition coefficient (Wildman–Crippen LogP) is -4.13. The van der Waals surface area contributed by atoms with E-state index in [1.54, 1.807) is 27.7 Å². The van der Waals surface area contributed by atoms with Gasteiger partial charge in [0.2, 0.25) is 11.8 Å². The van der Waals surface area contributed by atoms with Crippen molar-refractivity contribution in [1.29, 1.82) is 0 Å². The topological polar surface area (TPSA) is 277 Å². The molecule has 212 valence electrons. The van der Waals surface area contributed by atoms with Crippen LogP contribution in [0.4, 0.5) is 4.79 Å². The van der Waals surface area contributed by atoms with Crippen molar-refractivity contribution < 1.29 is 64.8 Å². The van der Waals surface area contributed by atoms with Gasteiger partial charge in [0.15, 0.2) is 0 Å². The number of amides is 2. The van der Waals surface area contributed by atoms with Gasteiger partial charge >= 0.3 is 43.9 Å². The van der Waals surface area contributed by atoms with Crippen molar-refractivity contribution in [1.82, 2.24) is 10.6 Å². The number of nitrogens with one attached hydrogen (secondary N) is 2. The van der Waals surface area contributed by atoms with Crippen molar-refractivity contribution >= 4 is 67.6 Å². The van der Waals surface area contributed by atoms with Gasteiger partial charge in [-0.2, -0.15) is 0 Å². The van der Waals surface area contributed by atoms with E-state index in [9.17, 15) is 39.6 Å². The van der Waals surface area contributed by atoms with Gasteiger partial charge in [0.25, 0.3) is 0 Å². The molecular weight excluding hydrogens is 528 g/mol. The minimum absolute atomic E-state index is 0. The van der Waals surface area contributed by atoms with Crippen LogP contribution in [0.1, 0.15) is 53.4 Å². The molecule has 2 amide bonds. The Kier molecular flexibility index (Phi) is 25.5. The summed E-state index contributed by atoms with van der Waals surface area (Å²) in [5.74, 6) is -3.58. The van der Waals surface area contributed by atoms with Crippen LogP contribution in [-0.2, 0) is 19.2 Å². The first-order valence-corrected chi connectivity index (χ1v) is 10.8. The minimum atomic E-state index is -1.83. The van der Waals surface area contributed by atoms with E-state index in [0.29, 0.717) is 0 Å². The Morgan fingerprint density at radius 1 is 0.703 bits per heavy atom. The van der Waals surface area contributed by atoms with Gasteiger partial charge in [-0.1, -0.05) is 27.7 Å². The molecule has 0 aliphatic heterocycles. The number of hydrogen-bond donors (Lipinski definition) is 8. The summed E-state index contributed by atoms with van der Waals surface area (Å²) >= 11 is 0. The molecule has 0 heterocycles. The van der Waals surface area contributed by atoms with Gasteiger partial charge in [-0.05, 0) is 25.7 Å². The van der Waals surface area contributed by atoms with E-state index >= 15 is 0 Å². The Balaban J connectivity index is -0.000000251. The molecule has 0 radical (unpaired) electrons. The van der Waals surface area contributed by atoms with Crippen LogP contribution in [0.25, 0.3) is 0 Å². The van der Waals surface area contributed by atoms with E-state index in [-0.39, 0.29) is 89.7 Å². The zero-order valence-corrected chi connectivity index (χ0v) is 23.8. The Bertz CT molecular complexity index is 646. The van der Waals surface area contributed by atoms with Gasteiger partial charge in [-0.25, -0.2) is 4.79 Å². The maximum atomic E-state index is 11.4. The number of carboxylic acids is 2. The molecule has 2 atom stereocenters. The van der Waals surface area contributed by atoms with Crippen LogP contribution < -0.4 is 20.8 Å². The van der Waals surface area contributed by atoms with Crippen molar-refractivity contribution in [3.8, 4) is 0 Å². The van der Waals surface area contributed by atoms with Crippen molar-refractivity contribution in [2.75, 3.05) is 26.3 Å². The number of hydrogen-bond acceptors (Lipinski definition) is 11. The molecule has 0 aliphatic carbocycles. The Hall–Kier alpha value is -1.75. The third-order valence-corrected chi connectivity index (χ3v) is 4.51. The van der Waals surface area contributed by atoms with Crippen LogP contribution in [-0.4, -0.2) is 137 Å². The van der Waals surface area contributed by atoms with E-state index in [2.05, 4.69) is 10.6 Å². The summed E-state index contributed by atoms with van der Waals surface area (Å²) in [6, 6.07) is 0. The normalized spacial score (nSPS) is 12.1. The number of carboxylic acid groups (broad SMARTS) is 4. The minimum Gasteiger partial charge on any atom is -0.550 e. The smallest absolute Gasteiger partial charge is 0.550 e. The number of rotatable bonds is 14. The van der Waals surface area contributed by atoms with Crippen LogP contribution in [0.5, 0.6) is 0 Å². The third-order valence-electron chi connectivity index (χ3n) is 4.51. The van der Waals surface area contributed by atoms with Crippen molar-refractivity contribution in [2.45, 2.75) is 65.6 Å². The number of aliphatic hydroxyl groups excluding tert-OH is 4. The molecule has 0 saturated heterocycles. The Labute approximate surface area is 244 Å². The van der Waals surface area contributed by atoms with E-state index in [1.807, 2.05) is 0 Å². The maximum Gasteiger partial charge on any atom is 2.00 e. The molecule has 0 aliphatic rings. The van der Waals surface area contributed by atoms with Crippen LogP contribution >= 0.6 is 0 Å². The first kappa shape index (κ1) is 42.3. The van der Waals surface area contributed by atoms with Gasteiger partial charge in [0, 0.05) is 35.9 Å². The van der Waals surface area contributed by atoms with Gasteiger partial charge < -0.3 is 61.1 Å². The Morgan fingerprint density at radius 3 is 1.14 bits per heavy atom. The van der Waals surface area contributed by atoms with Crippen LogP contribution in [0, 0.1) is 10.8 Å². The molecule has 0 spiro atoms.